The molecule has 0 aliphatic carbocycles. The number of pyridine rings is 1. The molecule has 2 aromatic carbocycles. The van der Waals surface area contributed by atoms with Crippen molar-refractivity contribution in [2.45, 2.75) is 25.4 Å². The molecule has 1 aliphatic rings. The fourth-order valence-corrected chi connectivity index (χ4v) is 3.64. The number of rotatable bonds is 3. The standard InChI is InChI=1S/C23H16F6N2O3/c24-22(25,26)15-7-13(8-16(9-15)23(27,28)29)10-31-11-19-18(14-1-3-17(32)4-2-14)5-6-30-21(19)34-12-20(31)33/h1-9,32H,10-12H2. The molecule has 34 heavy (non-hydrogen) atoms. The number of fused-ring (bicyclic) bond motifs is 1. The van der Waals surface area contributed by atoms with Crippen LogP contribution in [0.2, 0.25) is 0 Å². The first-order valence-corrected chi connectivity index (χ1v) is 9.88. The van der Waals surface area contributed by atoms with E-state index in [-0.39, 0.29) is 29.8 Å². The Morgan fingerprint density at radius 3 is 2.15 bits per heavy atom. The molecule has 1 aromatic heterocycles. The SMILES string of the molecule is O=C1COc2nccc(-c3ccc(O)cc3)c2CN1Cc1cc(C(F)(F)F)cc(C(F)(F)F)c1. The third-order valence-corrected chi connectivity index (χ3v) is 5.25. The van der Waals surface area contributed by atoms with Crippen molar-refractivity contribution < 1.29 is 41.0 Å². The van der Waals surface area contributed by atoms with E-state index in [0.717, 1.165) is 4.90 Å². The summed E-state index contributed by atoms with van der Waals surface area (Å²) in [5.41, 5.74) is -1.57. The van der Waals surface area contributed by atoms with Crippen molar-refractivity contribution in [1.29, 1.82) is 0 Å². The summed E-state index contributed by atoms with van der Waals surface area (Å²) in [5, 5.41) is 9.54. The number of phenolic OH excluding ortho intramolecular Hbond substituents is 1. The van der Waals surface area contributed by atoms with Gasteiger partial charge in [0.05, 0.1) is 17.7 Å². The summed E-state index contributed by atoms with van der Waals surface area (Å²) < 4.78 is 84.8. The van der Waals surface area contributed by atoms with Gasteiger partial charge in [0, 0.05) is 18.3 Å². The monoisotopic (exact) mass is 482 g/mol. The molecule has 1 amide bonds. The number of carbonyl (C=O) groups is 1. The van der Waals surface area contributed by atoms with Gasteiger partial charge >= 0.3 is 12.4 Å². The maximum absolute atomic E-state index is 13.2. The van der Waals surface area contributed by atoms with Gasteiger partial charge in [0.2, 0.25) is 5.88 Å². The van der Waals surface area contributed by atoms with E-state index in [2.05, 4.69) is 4.98 Å². The van der Waals surface area contributed by atoms with Gasteiger partial charge in [-0.1, -0.05) is 12.1 Å². The summed E-state index contributed by atoms with van der Waals surface area (Å²) in [7, 11) is 0. The van der Waals surface area contributed by atoms with Crippen molar-refractivity contribution in [1.82, 2.24) is 9.88 Å². The predicted molar refractivity (Wildman–Crippen MR) is 108 cm³/mol. The van der Waals surface area contributed by atoms with E-state index in [9.17, 15) is 36.2 Å². The molecule has 1 aliphatic heterocycles. The Balaban J connectivity index is 1.72. The molecule has 0 spiro atoms. The topological polar surface area (TPSA) is 62.7 Å². The quantitative estimate of drug-likeness (QED) is 0.507. The van der Waals surface area contributed by atoms with Crippen LogP contribution in [-0.4, -0.2) is 27.5 Å². The maximum atomic E-state index is 13.2. The highest BCUT2D eigenvalue weighted by Crippen LogP contribution is 2.37. The van der Waals surface area contributed by atoms with Crippen LogP contribution in [0.5, 0.6) is 11.6 Å². The fourth-order valence-electron chi connectivity index (χ4n) is 3.64. The zero-order valence-electron chi connectivity index (χ0n) is 17.2. The number of hydrogen-bond donors (Lipinski definition) is 1. The van der Waals surface area contributed by atoms with E-state index in [1.54, 1.807) is 18.2 Å². The van der Waals surface area contributed by atoms with E-state index in [1.807, 2.05) is 0 Å². The molecule has 0 fully saturated rings. The van der Waals surface area contributed by atoms with Crippen molar-refractivity contribution in [3.8, 4) is 22.8 Å². The molecular formula is C23H16F6N2O3. The number of ether oxygens (including phenoxy) is 1. The summed E-state index contributed by atoms with van der Waals surface area (Å²) in [6, 6.07) is 8.99. The molecule has 0 atom stereocenters. The molecule has 178 valence electrons. The smallest absolute Gasteiger partial charge is 0.416 e. The molecule has 5 nitrogen and oxygen atoms in total. The van der Waals surface area contributed by atoms with Gasteiger partial charge in [-0.3, -0.25) is 4.79 Å². The summed E-state index contributed by atoms with van der Waals surface area (Å²) in [6.07, 6.45) is -8.54. The lowest BCUT2D eigenvalue weighted by Crippen LogP contribution is -2.32. The Morgan fingerprint density at radius 1 is 0.941 bits per heavy atom. The number of aromatic nitrogens is 1. The second-order valence-electron chi connectivity index (χ2n) is 7.64. The number of alkyl halides is 6. The highest BCUT2D eigenvalue weighted by Gasteiger charge is 2.37. The third kappa shape index (κ3) is 4.92. The van der Waals surface area contributed by atoms with Crippen LogP contribution in [0.15, 0.2) is 54.7 Å². The first-order valence-electron chi connectivity index (χ1n) is 9.88. The van der Waals surface area contributed by atoms with Gasteiger partial charge in [-0.2, -0.15) is 26.3 Å². The number of nitrogens with zero attached hydrogens (tertiary/aromatic N) is 2. The number of phenols is 1. The number of benzene rings is 2. The minimum Gasteiger partial charge on any atom is -0.508 e. The molecule has 0 radical (unpaired) electrons. The van der Waals surface area contributed by atoms with Crippen LogP contribution < -0.4 is 4.74 Å². The lowest BCUT2D eigenvalue weighted by Gasteiger charge is -2.22. The van der Waals surface area contributed by atoms with E-state index >= 15 is 0 Å². The zero-order chi connectivity index (χ0) is 24.7. The maximum Gasteiger partial charge on any atom is 0.416 e. The fraction of sp³-hybridized carbons (Fsp3) is 0.217. The van der Waals surface area contributed by atoms with Gasteiger partial charge in [-0.05, 0) is 53.1 Å². The average Bonchev–Trinajstić information content (AvgIpc) is 2.92. The first kappa shape index (κ1) is 23.4. The molecule has 0 bridgehead atoms. The summed E-state index contributed by atoms with van der Waals surface area (Å²) in [6.45, 7) is -1.14. The van der Waals surface area contributed by atoms with Gasteiger partial charge in [0.15, 0.2) is 6.61 Å². The van der Waals surface area contributed by atoms with E-state index in [4.69, 9.17) is 4.74 Å². The molecule has 0 saturated heterocycles. The highest BCUT2D eigenvalue weighted by atomic mass is 19.4. The Morgan fingerprint density at radius 2 is 1.56 bits per heavy atom. The molecule has 11 heteroatoms. The average molecular weight is 482 g/mol. The molecular weight excluding hydrogens is 466 g/mol. The number of amides is 1. The molecule has 1 N–H and O–H groups in total. The Hall–Kier alpha value is -3.76. The third-order valence-electron chi connectivity index (χ3n) is 5.25. The number of aromatic hydroxyl groups is 1. The minimum absolute atomic E-state index is 0.0296. The van der Waals surface area contributed by atoms with Crippen LogP contribution in [-0.2, 0) is 30.2 Å². The van der Waals surface area contributed by atoms with Crippen molar-refractivity contribution in [2.24, 2.45) is 0 Å². The Kier molecular flexibility index (Phi) is 5.88. The van der Waals surface area contributed by atoms with Gasteiger partial charge in [0.25, 0.3) is 5.91 Å². The number of halogens is 6. The van der Waals surface area contributed by atoms with Crippen molar-refractivity contribution in [3.05, 3.63) is 77.0 Å². The van der Waals surface area contributed by atoms with E-state index < -0.39 is 42.5 Å². The summed E-state index contributed by atoms with van der Waals surface area (Å²) in [5.74, 6) is -0.468. The lowest BCUT2D eigenvalue weighted by atomic mass is 10.00. The van der Waals surface area contributed by atoms with E-state index in [0.29, 0.717) is 28.8 Å². The largest absolute Gasteiger partial charge is 0.508 e. The van der Waals surface area contributed by atoms with Crippen LogP contribution in [0.1, 0.15) is 22.3 Å². The lowest BCUT2D eigenvalue weighted by molar-refractivity contribution is -0.143. The number of hydrogen-bond acceptors (Lipinski definition) is 4. The summed E-state index contributed by atoms with van der Waals surface area (Å²) in [4.78, 5) is 17.9. The van der Waals surface area contributed by atoms with Crippen LogP contribution in [0.25, 0.3) is 11.1 Å². The van der Waals surface area contributed by atoms with Crippen molar-refractivity contribution in [2.75, 3.05) is 6.61 Å². The molecule has 0 unspecified atom stereocenters. The minimum atomic E-state index is -5.00. The molecule has 2 heterocycles. The van der Waals surface area contributed by atoms with Gasteiger partial charge in [-0.15, -0.1) is 0 Å². The zero-order valence-corrected chi connectivity index (χ0v) is 17.2. The van der Waals surface area contributed by atoms with Crippen LogP contribution >= 0.6 is 0 Å². The highest BCUT2D eigenvalue weighted by molar-refractivity contribution is 5.80. The predicted octanol–water partition coefficient (Wildman–Crippen LogP) is 5.41. The second kappa shape index (κ2) is 8.54. The van der Waals surface area contributed by atoms with Crippen LogP contribution in [0, 0.1) is 0 Å². The van der Waals surface area contributed by atoms with Gasteiger partial charge in [0.1, 0.15) is 5.75 Å². The van der Waals surface area contributed by atoms with Gasteiger partial charge < -0.3 is 14.7 Å². The van der Waals surface area contributed by atoms with Crippen LogP contribution in [0.4, 0.5) is 26.3 Å². The Bertz CT molecular complexity index is 1190. The number of carbonyl (C=O) groups excluding carboxylic acids is 1. The second-order valence-corrected chi connectivity index (χ2v) is 7.64. The van der Waals surface area contributed by atoms with Gasteiger partial charge in [-0.25, -0.2) is 4.98 Å². The first-order chi connectivity index (χ1) is 15.9. The van der Waals surface area contributed by atoms with Crippen molar-refractivity contribution in [3.63, 3.8) is 0 Å². The molecule has 4 rings (SSSR count). The van der Waals surface area contributed by atoms with Crippen LogP contribution in [0.3, 0.4) is 0 Å². The Labute approximate surface area is 189 Å². The normalized spacial score (nSPS) is 14.4. The summed E-state index contributed by atoms with van der Waals surface area (Å²) >= 11 is 0. The molecule has 0 saturated carbocycles. The van der Waals surface area contributed by atoms with E-state index in [1.165, 1.54) is 18.3 Å². The molecule has 3 aromatic rings. The van der Waals surface area contributed by atoms with Crippen molar-refractivity contribution >= 4 is 5.91 Å².